The molecule has 4 heterocycles. The number of para-hydroxylation sites is 1. The Morgan fingerprint density at radius 3 is 2.27 bits per heavy atom. The molecule has 3 amide bonds. The van der Waals surface area contributed by atoms with Gasteiger partial charge in [0.1, 0.15) is 11.6 Å². The maximum absolute atomic E-state index is 14.4. The number of nitrogens with zero attached hydrogens (tertiary/aromatic N) is 3. The second-order valence-corrected chi connectivity index (χ2v) is 11.5. The number of benzene rings is 2. The number of rotatable bonds is 8. The topological polar surface area (TPSA) is 90.4 Å². The van der Waals surface area contributed by atoms with Gasteiger partial charge >= 0.3 is 0 Å². The average molecular weight is 576 g/mol. The molecule has 0 radical (unpaired) electrons. The molecule has 2 aromatic carbocycles. The standard InChI is InChI=1S/C32H34ClN3O5/c33-22-13-15-24(16-14-22)35-20-9-17-32-27(30(39)36(28(32)31(35)40)18-6-1-2-7-21-37)26-25(41-32)12-8-19-34(29(26)38)23-10-4-3-5-11-23/h3-5,8-17,25-28,37H,1-2,6-7,18-21H2/t25-,26+,27+,28?,32+/m1/s1. The molecule has 8 nitrogen and oxygen atoms in total. The Bertz CT molecular complexity index is 1360. The van der Waals surface area contributed by atoms with Crippen molar-refractivity contribution in [1.29, 1.82) is 0 Å². The number of aliphatic hydroxyl groups is 1. The van der Waals surface area contributed by atoms with Crippen LogP contribution in [0.5, 0.6) is 0 Å². The molecule has 1 unspecified atom stereocenters. The van der Waals surface area contributed by atoms with Gasteiger partial charge < -0.3 is 24.5 Å². The molecule has 2 saturated heterocycles. The number of fused-ring (bicyclic) bond motifs is 2. The summed E-state index contributed by atoms with van der Waals surface area (Å²) in [5.74, 6) is -2.23. The zero-order chi connectivity index (χ0) is 28.6. The van der Waals surface area contributed by atoms with Crippen LogP contribution in [0.1, 0.15) is 25.7 Å². The minimum absolute atomic E-state index is 0.125. The lowest BCUT2D eigenvalue weighted by Gasteiger charge is -2.35. The number of unbranched alkanes of at least 4 members (excludes halogenated alkanes) is 3. The number of carbonyl (C=O) groups excluding carboxylic acids is 3. The van der Waals surface area contributed by atoms with E-state index in [2.05, 4.69) is 0 Å². The molecule has 214 valence electrons. The van der Waals surface area contributed by atoms with Crippen molar-refractivity contribution in [3.63, 3.8) is 0 Å². The van der Waals surface area contributed by atoms with Crippen LogP contribution >= 0.6 is 11.6 Å². The van der Waals surface area contributed by atoms with Gasteiger partial charge in [-0.3, -0.25) is 14.4 Å². The summed E-state index contributed by atoms with van der Waals surface area (Å²) in [6.07, 6.45) is 9.93. The smallest absolute Gasteiger partial charge is 0.253 e. The highest BCUT2D eigenvalue weighted by Crippen LogP contribution is 2.54. The van der Waals surface area contributed by atoms with Crippen molar-refractivity contribution in [1.82, 2.24) is 4.90 Å². The van der Waals surface area contributed by atoms with Gasteiger partial charge in [-0.25, -0.2) is 0 Å². The van der Waals surface area contributed by atoms with Gasteiger partial charge in [0.2, 0.25) is 11.8 Å². The monoisotopic (exact) mass is 575 g/mol. The van der Waals surface area contributed by atoms with Gasteiger partial charge in [-0.1, -0.05) is 66.9 Å². The third-order valence-electron chi connectivity index (χ3n) is 8.67. The summed E-state index contributed by atoms with van der Waals surface area (Å²) >= 11 is 6.12. The van der Waals surface area contributed by atoms with E-state index in [0.717, 1.165) is 18.5 Å². The van der Waals surface area contributed by atoms with E-state index in [0.29, 0.717) is 43.2 Å². The third kappa shape index (κ3) is 4.78. The van der Waals surface area contributed by atoms with E-state index in [1.54, 1.807) is 39.0 Å². The molecule has 0 bridgehead atoms. The molecule has 9 heteroatoms. The predicted molar refractivity (Wildman–Crippen MR) is 157 cm³/mol. The zero-order valence-electron chi connectivity index (χ0n) is 22.8. The highest BCUT2D eigenvalue weighted by Gasteiger charge is 2.71. The Balaban J connectivity index is 1.39. The predicted octanol–water partition coefficient (Wildman–Crippen LogP) is 3.98. The molecule has 0 aromatic heterocycles. The van der Waals surface area contributed by atoms with E-state index >= 15 is 0 Å². The van der Waals surface area contributed by atoms with Crippen molar-refractivity contribution in [2.24, 2.45) is 11.8 Å². The van der Waals surface area contributed by atoms with Gasteiger partial charge in [-0.05, 0) is 49.2 Å². The molecule has 41 heavy (non-hydrogen) atoms. The fourth-order valence-corrected chi connectivity index (χ4v) is 6.94. The van der Waals surface area contributed by atoms with Crippen LogP contribution in [0.4, 0.5) is 11.4 Å². The van der Waals surface area contributed by atoms with Gasteiger partial charge in [-0.15, -0.1) is 0 Å². The van der Waals surface area contributed by atoms with Gasteiger partial charge in [-0.2, -0.15) is 0 Å². The average Bonchev–Trinajstić information content (AvgIpc) is 3.29. The lowest BCUT2D eigenvalue weighted by molar-refractivity contribution is -0.140. The molecule has 0 saturated carbocycles. The fraction of sp³-hybridized carbons (Fsp3) is 0.406. The highest BCUT2D eigenvalue weighted by atomic mass is 35.5. The second kappa shape index (κ2) is 11.4. The summed E-state index contributed by atoms with van der Waals surface area (Å²) in [6, 6.07) is 15.6. The normalized spacial score (nSPS) is 28.9. The van der Waals surface area contributed by atoms with Crippen LogP contribution in [0.25, 0.3) is 0 Å². The Morgan fingerprint density at radius 2 is 1.51 bits per heavy atom. The number of hydrogen-bond acceptors (Lipinski definition) is 5. The van der Waals surface area contributed by atoms with Crippen LogP contribution < -0.4 is 9.80 Å². The molecule has 2 fully saturated rings. The number of likely N-dealkylation sites (tertiary alicyclic amines) is 1. The number of halogens is 1. The number of anilines is 2. The van der Waals surface area contributed by atoms with Crippen LogP contribution in [0.15, 0.2) is 78.9 Å². The Kier molecular flexibility index (Phi) is 7.72. The van der Waals surface area contributed by atoms with E-state index < -0.39 is 29.6 Å². The summed E-state index contributed by atoms with van der Waals surface area (Å²) < 4.78 is 6.73. The molecule has 5 atom stereocenters. The highest BCUT2D eigenvalue weighted by molar-refractivity contribution is 6.30. The van der Waals surface area contributed by atoms with Gasteiger partial charge in [0.05, 0.1) is 17.9 Å². The number of ether oxygens (including phenoxy) is 1. The lowest BCUT2D eigenvalue weighted by Crippen LogP contribution is -2.55. The van der Waals surface area contributed by atoms with Crippen molar-refractivity contribution in [3.8, 4) is 0 Å². The summed E-state index contributed by atoms with van der Waals surface area (Å²) in [5.41, 5.74) is 0.168. The second-order valence-electron chi connectivity index (χ2n) is 11.1. The number of amides is 3. The lowest BCUT2D eigenvalue weighted by atomic mass is 9.77. The third-order valence-corrected chi connectivity index (χ3v) is 8.92. The van der Waals surface area contributed by atoms with Crippen LogP contribution in [-0.2, 0) is 19.1 Å². The van der Waals surface area contributed by atoms with Gasteiger partial charge in [0.25, 0.3) is 5.91 Å². The molecule has 4 aliphatic heterocycles. The van der Waals surface area contributed by atoms with E-state index in [1.165, 1.54) is 0 Å². The van der Waals surface area contributed by atoms with Crippen molar-refractivity contribution < 1.29 is 24.2 Å². The van der Waals surface area contributed by atoms with Crippen molar-refractivity contribution in [3.05, 3.63) is 83.9 Å². The van der Waals surface area contributed by atoms with Crippen LogP contribution in [0, 0.1) is 11.8 Å². The Morgan fingerprint density at radius 1 is 0.829 bits per heavy atom. The molecule has 1 N–H and O–H groups in total. The SMILES string of the molecule is O=C1C2N(CCCCCCO)C(=O)[C@@H]3[C@H]4C(=O)N(c5ccccc5)CC=C[C@H]4O[C@]23C=CCN1c1ccc(Cl)cc1. The zero-order valence-corrected chi connectivity index (χ0v) is 23.5. The van der Waals surface area contributed by atoms with E-state index in [1.807, 2.05) is 54.6 Å². The van der Waals surface area contributed by atoms with Crippen molar-refractivity contribution in [2.75, 3.05) is 36.0 Å². The largest absolute Gasteiger partial charge is 0.396 e. The van der Waals surface area contributed by atoms with Crippen molar-refractivity contribution >= 4 is 40.7 Å². The van der Waals surface area contributed by atoms with E-state index in [4.69, 9.17) is 16.3 Å². The van der Waals surface area contributed by atoms with E-state index in [9.17, 15) is 19.5 Å². The maximum atomic E-state index is 14.4. The van der Waals surface area contributed by atoms with E-state index in [-0.39, 0.29) is 24.3 Å². The van der Waals surface area contributed by atoms with Gasteiger partial charge in [0, 0.05) is 42.6 Å². The number of aliphatic hydroxyl groups excluding tert-OH is 1. The first kappa shape index (κ1) is 27.7. The summed E-state index contributed by atoms with van der Waals surface area (Å²) in [6.45, 7) is 1.18. The maximum Gasteiger partial charge on any atom is 0.253 e. The molecule has 0 aliphatic carbocycles. The fourth-order valence-electron chi connectivity index (χ4n) is 6.82. The molecular formula is C32H34ClN3O5. The number of hydrogen-bond donors (Lipinski definition) is 1. The molecular weight excluding hydrogens is 542 g/mol. The van der Waals surface area contributed by atoms with Crippen molar-refractivity contribution in [2.45, 2.75) is 43.4 Å². The Labute approximate surface area is 244 Å². The quantitative estimate of drug-likeness (QED) is 0.380. The first-order valence-corrected chi connectivity index (χ1v) is 14.7. The molecule has 2 aromatic rings. The number of carbonyl (C=O) groups is 3. The van der Waals surface area contributed by atoms with Gasteiger partial charge in [0.15, 0.2) is 0 Å². The van der Waals surface area contributed by atoms with Crippen LogP contribution in [0.3, 0.4) is 0 Å². The minimum atomic E-state index is -1.27. The molecule has 6 rings (SSSR count). The summed E-state index contributed by atoms with van der Waals surface area (Å²) in [4.78, 5) is 48.0. The minimum Gasteiger partial charge on any atom is -0.396 e. The van der Waals surface area contributed by atoms with Crippen LogP contribution in [0.2, 0.25) is 5.02 Å². The molecule has 4 aliphatic rings. The molecule has 1 spiro atoms. The first-order valence-electron chi connectivity index (χ1n) is 14.3. The summed E-state index contributed by atoms with van der Waals surface area (Å²) in [5, 5.41) is 9.74. The first-order chi connectivity index (χ1) is 20.0. The Hall–Kier alpha value is -3.46. The summed E-state index contributed by atoms with van der Waals surface area (Å²) in [7, 11) is 0. The van der Waals surface area contributed by atoms with Crippen LogP contribution in [-0.4, -0.2) is 71.7 Å².